The Morgan fingerprint density at radius 2 is 1.85 bits per heavy atom. The van der Waals surface area contributed by atoms with Gasteiger partial charge in [0.25, 0.3) is 0 Å². The van der Waals surface area contributed by atoms with Crippen LogP contribution in [-0.2, 0) is 19.0 Å². The fourth-order valence-corrected chi connectivity index (χ4v) is 2.11. The van der Waals surface area contributed by atoms with Gasteiger partial charge in [-0.25, -0.2) is 4.79 Å². The van der Waals surface area contributed by atoms with Gasteiger partial charge in [-0.3, -0.25) is 4.79 Å². The van der Waals surface area contributed by atoms with Crippen molar-refractivity contribution in [2.24, 2.45) is 0 Å². The number of carbonyl (C=O) groups excluding carboxylic acids is 2. The van der Waals surface area contributed by atoms with Crippen molar-refractivity contribution in [1.29, 1.82) is 0 Å². The number of alkyl carbamates (subject to hydrolysis) is 1. The van der Waals surface area contributed by atoms with Crippen LogP contribution in [0.15, 0.2) is 36.9 Å². The maximum absolute atomic E-state index is 12.1. The van der Waals surface area contributed by atoms with Crippen LogP contribution >= 0.6 is 0 Å². The van der Waals surface area contributed by atoms with E-state index < -0.39 is 29.8 Å². The summed E-state index contributed by atoms with van der Waals surface area (Å²) in [6.45, 7) is 10.4. The maximum Gasteiger partial charge on any atom is 0.408 e. The van der Waals surface area contributed by atoms with Crippen molar-refractivity contribution in [3.05, 3.63) is 42.5 Å². The lowest BCUT2D eigenvalue weighted by atomic mass is 10.0. The zero-order chi connectivity index (χ0) is 19.7. The molecule has 1 amide bonds. The van der Waals surface area contributed by atoms with E-state index in [1.54, 1.807) is 45.0 Å². The molecule has 0 radical (unpaired) electrons. The van der Waals surface area contributed by atoms with E-state index in [9.17, 15) is 9.59 Å². The molecule has 0 fully saturated rings. The Labute approximate surface area is 154 Å². The minimum Gasteiger partial charge on any atom is -0.468 e. The minimum atomic E-state index is -0.756. The fourth-order valence-electron chi connectivity index (χ4n) is 2.11. The summed E-state index contributed by atoms with van der Waals surface area (Å²) < 4.78 is 20.8. The van der Waals surface area contributed by atoms with Crippen molar-refractivity contribution < 1.29 is 28.5 Å². The summed E-state index contributed by atoms with van der Waals surface area (Å²) in [6, 6.07) is 6.26. The van der Waals surface area contributed by atoms with Gasteiger partial charge in [-0.05, 0) is 38.5 Å². The molecule has 0 heterocycles. The quantitative estimate of drug-likeness (QED) is 0.432. The molecule has 7 nitrogen and oxygen atoms in total. The van der Waals surface area contributed by atoms with Crippen LogP contribution in [0.1, 0.15) is 39.4 Å². The number of hydrogen-bond acceptors (Lipinski definition) is 6. The topological polar surface area (TPSA) is 83.1 Å². The number of rotatable bonds is 8. The van der Waals surface area contributed by atoms with Gasteiger partial charge in [0.1, 0.15) is 11.4 Å². The van der Waals surface area contributed by atoms with E-state index in [0.29, 0.717) is 11.3 Å². The molecule has 7 heteroatoms. The van der Waals surface area contributed by atoms with E-state index >= 15 is 0 Å². The first kappa shape index (κ1) is 21.5. The molecule has 1 aromatic carbocycles. The number of hydrogen-bond donors (Lipinski definition) is 1. The van der Waals surface area contributed by atoms with Crippen LogP contribution in [0.3, 0.4) is 0 Å². The summed E-state index contributed by atoms with van der Waals surface area (Å²) in [7, 11) is 1.53. The number of benzene rings is 1. The Bertz CT molecular complexity index is 605. The highest BCUT2D eigenvalue weighted by Gasteiger charge is 2.27. The molecule has 0 aromatic heterocycles. The second kappa shape index (κ2) is 9.82. The summed E-state index contributed by atoms with van der Waals surface area (Å²) in [5, 5.41) is 2.67. The molecule has 0 unspecified atom stereocenters. The van der Waals surface area contributed by atoms with Gasteiger partial charge in [0.2, 0.25) is 0 Å². The molecule has 2 atom stereocenters. The number of nitrogens with one attached hydrogen (secondary N) is 1. The monoisotopic (exact) mass is 365 g/mol. The predicted octanol–water partition coefficient (Wildman–Crippen LogP) is 3.35. The molecular weight excluding hydrogens is 338 g/mol. The highest BCUT2D eigenvalue weighted by Crippen LogP contribution is 2.25. The molecule has 1 rings (SSSR count). The average molecular weight is 365 g/mol. The lowest BCUT2D eigenvalue weighted by molar-refractivity contribution is -0.147. The number of carbonyl (C=O) groups is 2. The summed E-state index contributed by atoms with van der Waals surface area (Å²) >= 11 is 0. The molecular formula is C19H27NO6. The van der Waals surface area contributed by atoms with Crippen molar-refractivity contribution in [2.45, 2.75) is 45.4 Å². The number of methoxy groups -OCH3 is 1. The van der Waals surface area contributed by atoms with Gasteiger partial charge in [-0.2, -0.15) is 0 Å². The average Bonchev–Trinajstić information content (AvgIpc) is 2.54. The van der Waals surface area contributed by atoms with Gasteiger partial charge < -0.3 is 24.3 Å². The van der Waals surface area contributed by atoms with E-state index in [-0.39, 0.29) is 6.79 Å². The van der Waals surface area contributed by atoms with Crippen molar-refractivity contribution >= 4 is 12.1 Å². The van der Waals surface area contributed by atoms with Crippen molar-refractivity contribution in [1.82, 2.24) is 5.32 Å². The molecule has 144 valence electrons. The molecule has 0 spiro atoms. The number of ether oxygens (including phenoxy) is 4. The second-order valence-electron chi connectivity index (χ2n) is 6.56. The fraction of sp³-hybridized carbons (Fsp3) is 0.474. The van der Waals surface area contributed by atoms with E-state index in [0.717, 1.165) is 0 Å². The Morgan fingerprint density at radius 1 is 1.23 bits per heavy atom. The maximum atomic E-state index is 12.1. The van der Waals surface area contributed by atoms with Crippen molar-refractivity contribution in [3.8, 4) is 5.75 Å². The van der Waals surface area contributed by atoms with Crippen molar-refractivity contribution in [2.75, 3.05) is 13.9 Å². The first-order chi connectivity index (χ1) is 12.2. The highest BCUT2D eigenvalue weighted by molar-refractivity contribution is 5.69. The molecule has 0 aliphatic rings. The van der Waals surface area contributed by atoms with Crippen LogP contribution < -0.4 is 10.1 Å². The molecule has 0 aliphatic carbocycles. The normalized spacial score (nSPS) is 13.3. The highest BCUT2D eigenvalue weighted by atomic mass is 16.7. The molecule has 0 saturated carbocycles. The first-order valence-electron chi connectivity index (χ1n) is 8.17. The number of esters is 1. The predicted molar refractivity (Wildman–Crippen MR) is 96.8 cm³/mol. The van der Waals surface area contributed by atoms with Gasteiger partial charge in [0, 0.05) is 14.0 Å². The molecule has 0 saturated heterocycles. The SMILES string of the molecule is C=C[C@H](NC(=O)OC(C)(C)C)[C@H](OC(C)=O)c1ccc(OCOC)cc1. The zero-order valence-electron chi connectivity index (χ0n) is 15.9. The lowest BCUT2D eigenvalue weighted by Gasteiger charge is -2.27. The van der Waals surface area contributed by atoms with Crippen LogP contribution in [0.5, 0.6) is 5.75 Å². The second-order valence-corrected chi connectivity index (χ2v) is 6.56. The van der Waals surface area contributed by atoms with E-state index in [1.165, 1.54) is 20.1 Å². The summed E-state index contributed by atoms with van der Waals surface area (Å²) in [6.07, 6.45) is 0.112. The number of amides is 1. The smallest absolute Gasteiger partial charge is 0.408 e. The van der Waals surface area contributed by atoms with Crippen molar-refractivity contribution in [3.63, 3.8) is 0 Å². The van der Waals surface area contributed by atoms with E-state index in [4.69, 9.17) is 18.9 Å². The molecule has 0 bridgehead atoms. The van der Waals surface area contributed by atoms with Gasteiger partial charge >= 0.3 is 12.1 Å². The largest absolute Gasteiger partial charge is 0.468 e. The summed E-state index contributed by atoms with van der Waals surface area (Å²) in [5.74, 6) is 0.125. The third kappa shape index (κ3) is 7.57. The first-order valence-corrected chi connectivity index (χ1v) is 8.17. The van der Waals surface area contributed by atoms with Crippen LogP contribution in [0.4, 0.5) is 4.79 Å². The third-order valence-electron chi connectivity index (χ3n) is 3.11. The summed E-state index contributed by atoms with van der Waals surface area (Å²) in [4.78, 5) is 23.6. The van der Waals surface area contributed by atoms with Gasteiger partial charge in [0.15, 0.2) is 12.9 Å². The summed E-state index contributed by atoms with van der Waals surface area (Å²) in [5.41, 5.74) is 0.0264. The van der Waals surface area contributed by atoms with Crippen LogP contribution in [0, 0.1) is 0 Å². The Hall–Kier alpha value is -2.54. The van der Waals surface area contributed by atoms with Gasteiger partial charge in [-0.15, -0.1) is 6.58 Å². The molecule has 26 heavy (non-hydrogen) atoms. The molecule has 1 N–H and O–H groups in total. The van der Waals surface area contributed by atoms with Crippen LogP contribution in [0.2, 0.25) is 0 Å². The Kier molecular flexibility index (Phi) is 8.12. The zero-order valence-corrected chi connectivity index (χ0v) is 15.9. The molecule has 0 aliphatic heterocycles. The van der Waals surface area contributed by atoms with E-state index in [1.807, 2.05) is 0 Å². The van der Waals surface area contributed by atoms with Crippen LogP contribution in [0.25, 0.3) is 0 Å². The van der Waals surface area contributed by atoms with Gasteiger partial charge in [-0.1, -0.05) is 18.2 Å². The van der Waals surface area contributed by atoms with Crippen LogP contribution in [-0.4, -0.2) is 37.6 Å². The minimum absolute atomic E-state index is 0.127. The van der Waals surface area contributed by atoms with E-state index in [2.05, 4.69) is 11.9 Å². The molecule has 1 aromatic rings. The Morgan fingerprint density at radius 3 is 2.31 bits per heavy atom. The van der Waals surface area contributed by atoms with Gasteiger partial charge in [0.05, 0.1) is 6.04 Å². The standard InChI is InChI=1S/C19H27NO6/c1-7-16(20-18(22)26-19(3,4)5)17(25-13(2)21)14-8-10-15(11-9-14)24-12-23-6/h7-11,16-17H,1,12H2,2-6H3,(H,20,22)/t16-,17+/m0/s1. The lowest BCUT2D eigenvalue weighted by Crippen LogP contribution is -2.42. The third-order valence-corrected chi connectivity index (χ3v) is 3.11. The Balaban J connectivity index is 2.97.